The van der Waals surface area contributed by atoms with Gasteiger partial charge in [-0.05, 0) is 56.1 Å². The molecule has 2 aromatic carbocycles. The van der Waals surface area contributed by atoms with Gasteiger partial charge >= 0.3 is 0 Å². The van der Waals surface area contributed by atoms with Gasteiger partial charge in [0.05, 0.1) is 6.54 Å². The molecule has 0 heterocycles. The fourth-order valence-electron chi connectivity index (χ4n) is 2.01. The molecule has 2 rings (SSSR count). The summed E-state index contributed by atoms with van der Waals surface area (Å²) in [4.78, 5) is 13.5. The first-order valence-electron chi connectivity index (χ1n) is 7.06. The molecule has 22 heavy (non-hydrogen) atoms. The first kappa shape index (κ1) is 16.3. The van der Waals surface area contributed by atoms with Crippen LogP contribution < -0.4 is 10.6 Å². The van der Waals surface area contributed by atoms with Gasteiger partial charge in [0.1, 0.15) is 0 Å². The predicted molar refractivity (Wildman–Crippen MR) is 92.4 cm³/mol. The van der Waals surface area contributed by atoms with Crippen LogP contribution in [-0.2, 0) is 11.3 Å². The third-order valence-electron chi connectivity index (χ3n) is 3.01. The number of benzene rings is 2. The van der Waals surface area contributed by atoms with E-state index in [0.717, 1.165) is 22.0 Å². The number of amides is 1. The summed E-state index contributed by atoms with van der Waals surface area (Å²) in [6.45, 7) is 1.07. The highest BCUT2D eigenvalue weighted by atomic mass is 35.5. The van der Waals surface area contributed by atoms with Crippen LogP contribution in [0.4, 0.5) is 11.4 Å². The molecule has 0 bridgehead atoms. The monoisotopic (exact) mass is 317 g/mol. The molecule has 116 valence electrons. The highest BCUT2D eigenvalue weighted by Gasteiger charge is 2.03. The molecule has 0 spiro atoms. The molecule has 1 amide bonds. The van der Waals surface area contributed by atoms with E-state index >= 15 is 0 Å². The summed E-state index contributed by atoms with van der Waals surface area (Å²) in [5.74, 6) is -0.0235. The summed E-state index contributed by atoms with van der Waals surface area (Å²) in [6, 6.07) is 15.4. The van der Waals surface area contributed by atoms with E-state index in [0.29, 0.717) is 13.1 Å². The van der Waals surface area contributed by atoms with E-state index in [-0.39, 0.29) is 5.91 Å². The highest BCUT2D eigenvalue weighted by Crippen LogP contribution is 2.16. The van der Waals surface area contributed by atoms with Crippen LogP contribution in [0.15, 0.2) is 48.5 Å². The van der Waals surface area contributed by atoms with Gasteiger partial charge < -0.3 is 15.5 Å². The molecule has 0 fully saturated rings. The second kappa shape index (κ2) is 7.82. The number of hydrogen-bond acceptors (Lipinski definition) is 3. The fourth-order valence-corrected chi connectivity index (χ4v) is 2.22. The standard InChI is InChI=1S/C17H20ClN3O/c1-21(2)12-17(22)20-16-8-6-15(7-9-16)19-11-13-4-3-5-14(18)10-13/h3-10,19H,11-12H2,1-2H3,(H,20,22). The molecule has 2 N–H and O–H groups in total. The van der Waals surface area contributed by atoms with Crippen LogP contribution in [0.1, 0.15) is 5.56 Å². The van der Waals surface area contributed by atoms with Crippen LogP contribution in [0.5, 0.6) is 0 Å². The molecule has 0 aliphatic rings. The molecule has 2 aromatic rings. The maximum absolute atomic E-state index is 11.7. The van der Waals surface area contributed by atoms with Gasteiger partial charge in [-0.3, -0.25) is 4.79 Å². The van der Waals surface area contributed by atoms with Crippen molar-refractivity contribution in [3.8, 4) is 0 Å². The van der Waals surface area contributed by atoms with Crippen molar-refractivity contribution in [1.29, 1.82) is 0 Å². The Balaban J connectivity index is 1.88. The highest BCUT2D eigenvalue weighted by molar-refractivity contribution is 6.30. The summed E-state index contributed by atoms with van der Waals surface area (Å²) >= 11 is 5.96. The smallest absolute Gasteiger partial charge is 0.238 e. The lowest BCUT2D eigenvalue weighted by Gasteiger charge is -2.11. The molecule has 0 saturated heterocycles. The first-order chi connectivity index (χ1) is 10.5. The summed E-state index contributed by atoms with van der Waals surface area (Å²) in [7, 11) is 3.73. The topological polar surface area (TPSA) is 44.4 Å². The Morgan fingerprint density at radius 1 is 1.09 bits per heavy atom. The molecule has 4 nitrogen and oxygen atoms in total. The summed E-state index contributed by atoms with van der Waals surface area (Å²) < 4.78 is 0. The maximum atomic E-state index is 11.7. The van der Waals surface area contributed by atoms with Crippen LogP contribution in [-0.4, -0.2) is 31.4 Å². The fraction of sp³-hybridized carbons (Fsp3) is 0.235. The van der Waals surface area contributed by atoms with Gasteiger partial charge in [0.15, 0.2) is 0 Å². The Hall–Kier alpha value is -2.04. The van der Waals surface area contributed by atoms with Gasteiger partial charge in [0.2, 0.25) is 5.91 Å². The molecule has 0 atom stereocenters. The van der Waals surface area contributed by atoms with Gasteiger partial charge in [0, 0.05) is 22.9 Å². The molecule has 0 aromatic heterocycles. The van der Waals surface area contributed by atoms with Crippen molar-refractivity contribution in [2.45, 2.75) is 6.54 Å². The minimum atomic E-state index is -0.0235. The van der Waals surface area contributed by atoms with Gasteiger partial charge in [-0.2, -0.15) is 0 Å². The average molecular weight is 318 g/mol. The third-order valence-corrected chi connectivity index (χ3v) is 3.25. The predicted octanol–water partition coefficient (Wildman–Crippen LogP) is 3.45. The van der Waals surface area contributed by atoms with Gasteiger partial charge in [-0.15, -0.1) is 0 Å². The number of nitrogens with zero attached hydrogens (tertiary/aromatic N) is 1. The van der Waals surface area contributed by atoms with Crippen LogP contribution >= 0.6 is 11.6 Å². The van der Waals surface area contributed by atoms with E-state index < -0.39 is 0 Å². The lowest BCUT2D eigenvalue weighted by molar-refractivity contribution is -0.116. The molecule has 5 heteroatoms. The van der Waals surface area contributed by atoms with E-state index in [1.54, 1.807) is 0 Å². The molecular formula is C17H20ClN3O. The van der Waals surface area contributed by atoms with E-state index in [1.165, 1.54) is 0 Å². The van der Waals surface area contributed by atoms with E-state index in [4.69, 9.17) is 11.6 Å². The van der Waals surface area contributed by atoms with E-state index in [2.05, 4.69) is 10.6 Å². The van der Waals surface area contributed by atoms with Gasteiger partial charge in [-0.1, -0.05) is 23.7 Å². The summed E-state index contributed by atoms with van der Waals surface area (Å²) in [6.07, 6.45) is 0. The number of carbonyl (C=O) groups excluding carboxylic acids is 1. The zero-order chi connectivity index (χ0) is 15.9. The van der Waals surface area contributed by atoms with Gasteiger partial charge in [-0.25, -0.2) is 0 Å². The van der Waals surface area contributed by atoms with Gasteiger partial charge in [0.25, 0.3) is 0 Å². The number of likely N-dealkylation sites (N-methyl/N-ethyl adjacent to an activating group) is 1. The van der Waals surface area contributed by atoms with Crippen LogP contribution in [0.25, 0.3) is 0 Å². The SMILES string of the molecule is CN(C)CC(=O)Nc1ccc(NCc2cccc(Cl)c2)cc1. The van der Waals surface area contributed by atoms with Crippen molar-refractivity contribution in [2.75, 3.05) is 31.3 Å². The second-order valence-corrected chi connectivity index (χ2v) is 5.78. The Bertz CT molecular complexity index is 626. The zero-order valence-corrected chi connectivity index (χ0v) is 13.5. The molecule has 0 radical (unpaired) electrons. The normalized spacial score (nSPS) is 10.5. The van der Waals surface area contributed by atoms with Crippen molar-refractivity contribution in [3.05, 3.63) is 59.1 Å². The Morgan fingerprint density at radius 3 is 2.41 bits per heavy atom. The van der Waals surface area contributed by atoms with Crippen molar-refractivity contribution in [3.63, 3.8) is 0 Å². The quantitative estimate of drug-likeness (QED) is 0.857. The molecule has 0 saturated carbocycles. The Kier molecular flexibility index (Phi) is 5.81. The average Bonchev–Trinajstić information content (AvgIpc) is 2.46. The Labute approximate surface area is 136 Å². The number of anilines is 2. The molecule has 0 aliphatic carbocycles. The van der Waals surface area contributed by atoms with Crippen LogP contribution in [0.3, 0.4) is 0 Å². The maximum Gasteiger partial charge on any atom is 0.238 e. The van der Waals surface area contributed by atoms with Crippen LogP contribution in [0, 0.1) is 0 Å². The summed E-state index contributed by atoms with van der Waals surface area (Å²) in [5.41, 5.74) is 2.90. The number of rotatable bonds is 6. The lowest BCUT2D eigenvalue weighted by atomic mass is 10.2. The van der Waals surface area contributed by atoms with Crippen molar-refractivity contribution in [1.82, 2.24) is 4.90 Å². The van der Waals surface area contributed by atoms with E-state index in [9.17, 15) is 4.79 Å². The van der Waals surface area contributed by atoms with Crippen molar-refractivity contribution < 1.29 is 4.79 Å². The number of hydrogen-bond donors (Lipinski definition) is 2. The summed E-state index contributed by atoms with van der Waals surface area (Å²) in [5, 5.41) is 6.91. The number of nitrogens with one attached hydrogen (secondary N) is 2. The first-order valence-corrected chi connectivity index (χ1v) is 7.44. The Morgan fingerprint density at radius 2 is 1.77 bits per heavy atom. The number of halogens is 1. The molecule has 0 unspecified atom stereocenters. The molecular weight excluding hydrogens is 298 g/mol. The van der Waals surface area contributed by atoms with Crippen molar-refractivity contribution >= 4 is 28.9 Å². The van der Waals surface area contributed by atoms with E-state index in [1.807, 2.05) is 67.5 Å². The lowest BCUT2D eigenvalue weighted by Crippen LogP contribution is -2.27. The van der Waals surface area contributed by atoms with Crippen LogP contribution in [0.2, 0.25) is 5.02 Å². The van der Waals surface area contributed by atoms with Crippen molar-refractivity contribution in [2.24, 2.45) is 0 Å². The molecule has 0 aliphatic heterocycles. The second-order valence-electron chi connectivity index (χ2n) is 5.35. The minimum absolute atomic E-state index is 0.0235. The third kappa shape index (κ3) is 5.39. The minimum Gasteiger partial charge on any atom is -0.381 e. The zero-order valence-electron chi connectivity index (χ0n) is 12.8. The largest absolute Gasteiger partial charge is 0.381 e. The number of carbonyl (C=O) groups is 1.